The number of hydrogen-bond acceptors (Lipinski definition) is 4. The van der Waals surface area contributed by atoms with Crippen LogP contribution < -0.4 is 14.9 Å². The quantitative estimate of drug-likeness (QED) is 0.553. The summed E-state index contributed by atoms with van der Waals surface area (Å²) in [6.07, 6.45) is 1.52. The number of amides is 1. The Balaban J connectivity index is 1.89. The molecule has 5 nitrogen and oxygen atoms in total. The fourth-order valence-corrected chi connectivity index (χ4v) is 2.38. The van der Waals surface area contributed by atoms with Crippen LogP contribution in [0.25, 0.3) is 0 Å². The number of hydrazone groups is 1. The van der Waals surface area contributed by atoms with Gasteiger partial charge in [0.1, 0.15) is 11.5 Å². The van der Waals surface area contributed by atoms with E-state index in [-0.39, 0.29) is 12.5 Å². The fraction of sp³-hybridized carbons (Fsp3) is 0.176. The topological polar surface area (TPSA) is 59.9 Å². The van der Waals surface area contributed by atoms with Crippen molar-refractivity contribution in [3.8, 4) is 11.5 Å². The van der Waals surface area contributed by atoms with Gasteiger partial charge in [0, 0.05) is 15.1 Å². The molecule has 0 heterocycles. The molecule has 0 aliphatic carbocycles. The summed E-state index contributed by atoms with van der Waals surface area (Å²) in [5.74, 6) is 0.834. The predicted molar refractivity (Wildman–Crippen MR) is 98.0 cm³/mol. The summed E-state index contributed by atoms with van der Waals surface area (Å²) >= 11 is 9.23. The smallest absolute Gasteiger partial charge is 0.277 e. The summed E-state index contributed by atoms with van der Waals surface area (Å²) in [5, 5.41) is 4.47. The van der Waals surface area contributed by atoms with E-state index in [0.29, 0.717) is 23.1 Å². The zero-order valence-corrected chi connectivity index (χ0v) is 15.3. The third-order valence-electron chi connectivity index (χ3n) is 2.83. The van der Waals surface area contributed by atoms with Gasteiger partial charge in [-0.15, -0.1) is 0 Å². The predicted octanol–water partition coefficient (Wildman–Crippen LogP) is 4.03. The van der Waals surface area contributed by atoms with E-state index in [2.05, 4.69) is 26.5 Å². The standard InChI is InChI=1S/C17H16BrClN2O3/c1-2-23-16-7-6-13(18)8-12(16)10-20-21-17(22)11-24-15-5-3-4-14(19)9-15/h3-10H,2,11H2,1H3,(H,21,22)/b20-10-. The maximum atomic E-state index is 11.7. The van der Waals surface area contributed by atoms with Crippen LogP contribution in [0.1, 0.15) is 12.5 Å². The number of ether oxygens (including phenoxy) is 2. The summed E-state index contributed by atoms with van der Waals surface area (Å²) in [7, 11) is 0. The Labute approximate surface area is 153 Å². The van der Waals surface area contributed by atoms with E-state index in [1.807, 2.05) is 25.1 Å². The van der Waals surface area contributed by atoms with Crippen LogP contribution in [-0.2, 0) is 4.79 Å². The normalized spacial score (nSPS) is 10.6. The van der Waals surface area contributed by atoms with Gasteiger partial charge in [0.15, 0.2) is 6.61 Å². The first-order valence-electron chi connectivity index (χ1n) is 7.21. The molecule has 0 saturated carbocycles. The lowest BCUT2D eigenvalue weighted by Crippen LogP contribution is -2.24. The first-order valence-corrected chi connectivity index (χ1v) is 8.38. The highest BCUT2D eigenvalue weighted by atomic mass is 79.9. The van der Waals surface area contributed by atoms with Gasteiger partial charge in [-0.3, -0.25) is 4.79 Å². The molecule has 0 unspecified atom stereocenters. The molecule has 0 saturated heterocycles. The number of benzene rings is 2. The van der Waals surface area contributed by atoms with Gasteiger partial charge in [-0.25, -0.2) is 5.43 Å². The van der Waals surface area contributed by atoms with Crippen molar-refractivity contribution in [1.29, 1.82) is 0 Å². The molecule has 0 atom stereocenters. The van der Waals surface area contributed by atoms with Crippen LogP contribution in [0.4, 0.5) is 0 Å². The lowest BCUT2D eigenvalue weighted by atomic mass is 10.2. The summed E-state index contributed by atoms with van der Waals surface area (Å²) in [5.41, 5.74) is 3.16. The van der Waals surface area contributed by atoms with E-state index in [9.17, 15) is 4.79 Å². The summed E-state index contributed by atoms with van der Waals surface area (Å²) < 4.78 is 11.7. The van der Waals surface area contributed by atoms with Gasteiger partial charge in [0.2, 0.25) is 0 Å². The molecule has 2 aromatic rings. The highest BCUT2D eigenvalue weighted by Crippen LogP contribution is 2.21. The van der Waals surface area contributed by atoms with Crippen LogP contribution in [0.2, 0.25) is 5.02 Å². The molecule has 0 aliphatic rings. The highest BCUT2D eigenvalue weighted by Gasteiger charge is 2.04. The van der Waals surface area contributed by atoms with Crippen LogP contribution in [-0.4, -0.2) is 25.3 Å². The number of rotatable bonds is 7. The Morgan fingerprint density at radius 2 is 2.12 bits per heavy atom. The highest BCUT2D eigenvalue weighted by molar-refractivity contribution is 9.10. The molecule has 0 radical (unpaired) electrons. The zero-order valence-electron chi connectivity index (χ0n) is 13.0. The second kappa shape index (κ2) is 9.30. The number of nitrogens with one attached hydrogen (secondary N) is 1. The van der Waals surface area contributed by atoms with Crippen LogP contribution in [0.5, 0.6) is 11.5 Å². The first kappa shape index (κ1) is 18.3. The Kier molecular flexibility index (Phi) is 7.08. The van der Waals surface area contributed by atoms with Crippen LogP contribution in [0.15, 0.2) is 52.0 Å². The van der Waals surface area contributed by atoms with Crippen molar-refractivity contribution < 1.29 is 14.3 Å². The van der Waals surface area contributed by atoms with Gasteiger partial charge in [-0.05, 0) is 43.3 Å². The second-order valence-corrected chi connectivity index (χ2v) is 6.01. The van der Waals surface area contributed by atoms with Gasteiger partial charge in [0.25, 0.3) is 5.91 Å². The number of nitrogens with zero attached hydrogens (tertiary/aromatic N) is 1. The average Bonchev–Trinajstić information content (AvgIpc) is 2.55. The molecule has 126 valence electrons. The molecule has 0 aromatic heterocycles. The molecule has 7 heteroatoms. The molecule has 1 N–H and O–H groups in total. The number of hydrogen-bond donors (Lipinski definition) is 1. The third kappa shape index (κ3) is 5.86. The minimum absolute atomic E-state index is 0.158. The second-order valence-electron chi connectivity index (χ2n) is 4.65. The largest absolute Gasteiger partial charge is 0.493 e. The minimum Gasteiger partial charge on any atom is -0.493 e. The molecule has 1 amide bonds. The first-order chi connectivity index (χ1) is 11.6. The van der Waals surface area contributed by atoms with Crippen molar-refractivity contribution in [2.24, 2.45) is 5.10 Å². The van der Waals surface area contributed by atoms with Gasteiger partial charge in [-0.1, -0.05) is 33.6 Å². The molecular formula is C17H16BrClN2O3. The molecule has 0 aliphatic heterocycles. The molecule has 24 heavy (non-hydrogen) atoms. The van der Waals surface area contributed by atoms with Crippen molar-refractivity contribution >= 4 is 39.7 Å². The van der Waals surface area contributed by atoms with E-state index in [1.165, 1.54) is 6.21 Å². The molecule has 0 fully saturated rings. The van der Waals surface area contributed by atoms with Gasteiger partial charge in [-0.2, -0.15) is 5.10 Å². The van der Waals surface area contributed by atoms with Crippen LogP contribution in [0, 0.1) is 0 Å². The summed E-state index contributed by atoms with van der Waals surface area (Å²) in [6, 6.07) is 12.4. The number of carbonyl (C=O) groups excluding carboxylic acids is 1. The van der Waals surface area contributed by atoms with Crippen molar-refractivity contribution in [3.05, 3.63) is 57.5 Å². The van der Waals surface area contributed by atoms with Crippen molar-refractivity contribution in [1.82, 2.24) is 5.43 Å². The molecule has 0 bridgehead atoms. The van der Waals surface area contributed by atoms with Gasteiger partial charge in [0.05, 0.1) is 12.8 Å². The number of halogens is 2. The molecular weight excluding hydrogens is 396 g/mol. The Morgan fingerprint density at radius 3 is 2.88 bits per heavy atom. The monoisotopic (exact) mass is 410 g/mol. The average molecular weight is 412 g/mol. The Morgan fingerprint density at radius 1 is 1.29 bits per heavy atom. The van der Waals surface area contributed by atoms with E-state index in [4.69, 9.17) is 21.1 Å². The van der Waals surface area contributed by atoms with Crippen molar-refractivity contribution in [2.45, 2.75) is 6.92 Å². The maximum absolute atomic E-state index is 11.7. The Bertz CT molecular complexity index is 738. The lowest BCUT2D eigenvalue weighted by molar-refractivity contribution is -0.123. The third-order valence-corrected chi connectivity index (χ3v) is 3.56. The molecule has 2 rings (SSSR count). The van der Waals surface area contributed by atoms with Gasteiger partial charge >= 0.3 is 0 Å². The van der Waals surface area contributed by atoms with Crippen LogP contribution in [0.3, 0.4) is 0 Å². The SMILES string of the molecule is CCOc1ccc(Br)cc1/C=N\NC(=O)COc1cccc(Cl)c1. The maximum Gasteiger partial charge on any atom is 0.277 e. The van der Waals surface area contributed by atoms with E-state index < -0.39 is 0 Å². The Hall–Kier alpha value is -2.05. The summed E-state index contributed by atoms with van der Waals surface area (Å²) in [6.45, 7) is 2.29. The van der Waals surface area contributed by atoms with Crippen LogP contribution >= 0.6 is 27.5 Å². The molecule has 2 aromatic carbocycles. The zero-order chi connectivity index (χ0) is 17.4. The van der Waals surface area contributed by atoms with Crippen molar-refractivity contribution in [3.63, 3.8) is 0 Å². The summed E-state index contributed by atoms with van der Waals surface area (Å²) in [4.78, 5) is 11.7. The van der Waals surface area contributed by atoms with E-state index in [1.54, 1.807) is 24.3 Å². The van der Waals surface area contributed by atoms with Gasteiger partial charge < -0.3 is 9.47 Å². The molecule has 0 spiro atoms. The van der Waals surface area contributed by atoms with E-state index >= 15 is 0 Å². The lowest BCUT2D eigenvalue weighted by Gasteiger charge is -2.07. The minimum atomic E-state index is -0.376. The fourth-order valence-electron chi connectivity index (χ4n) is 1.82. The van der Waals surface area contributed by atoms with E-state index in [0.717, 1.165) is 10.0 Å². The number of carbonyl (C=O) groups is 1. The van der Waals surface area contributed by atoms with Crippen molar-refractivity contribution in [2.75, 3.05) is 13.2 Å².